The number of amides is 2. The van der Waals surface area contributed by atoms with Gasteiger partial charge >= 0.3 is 13.2 Å². The second-order valence-electron chi connectivity index (χ2n) is 9.64. The monoisotopic (exact) mass is 455 g/mol. The van der Waals surface area contributed by atoms with Crippen LogP contribution in [-0.2, 0) is 16.0 Å². The first-order valence-corrected chi connectivity index (χ1v) is 11.3. The summed E-state index contributed by atoms with van der Waals surface area (Å²) in [4.78, 5) is 26.9. The van der Waals surface area contributed by atoms with E-state index in [0.29, 0.717) is 13.0 Å². The summed E-state index contributed by atoms with van der Waals surface area (Å²) in [5, 5.41) is 31.3. The molecule has 8 nitrogen and oxygen atoms in total. The number of aryl methyl sites for hydroxylation is 1. The maximum atomic E-state index is 13.0. The molecule has 1 aromatic carbocycles. The number of alkyl carbamates (subject to hydrolysis) is 1. The maximum Gasteiger partial charge on any atom is 0.475 e. The fourth-order valence-electron chi connectivity index (χ4n) is 3.74. The molecule has 1 heterocycles. The molecule has 178 valence electrons. The summed E-state index contributed by atoms with van der Waals surface area (Å²) in [6, 6.07) is 9.20. The molecular formula is C24H34BN3O5. The van der Waals surface area contributed by atoms with Gasteiger partial charge in [0, 0.05) is 6.54 Å². The van der Waals surface area contributed by atoms with Gasteiger partial charge in [-0.3, -0.25) is 4.79 Å². The van der Waals surface area contributed by atoms with Crippen molar-refractivity contribution < 1.29 is 24.4 Å². The lowest BCUT2D eigenvalue weighted by atomic mass is 9.76. The first-order valence-electron chi connectivity index (χ1n) is 11.3. The van der Waals surface area contributed by atoms with Crippen molar-refractivity contribution in [3.8, 4) is 6.07 Å². The molecule has 0 bridgehead atoms. The lowest BCUT2D eigenvalue weighted by molar-refractivity contribution is -0.131. The third kappa shape index (κ3) is 8.56. The Bertz CT molecular complexity index is 887. The van der Waals surface area contributed by atoms with Crippen LogP contribution in [0.5, 0.6) is 0 Å². The van der Waals surface area contributed by atoms with Crippen molar-refractivity contribution in [2.75, 3.05) is 13.2 Å². The Kier molecular flexibility index (Phi) is 9.50. The SMILES string of the molecule is Cc1ccc(CC(NC(=O)OCC2CCCCN2C(=O)C(C#N)=CC(C)(C)C)B(O)O)cc1. The Balaban J connectivity index is 1.99. The molecule has 0 aromatic heterocycles. The van der Waals surface area contributed by atoms with Crippen LogP contribution in [0.3, 0.4) is 0 Å². The molecule has 2 atom stereocenters. The lowest BCUT2D eigenvalue weighted by Gasteiger charge is -2.35. The number of carbonyl (C=O) groups excluding carboxylic acids is 2. The summed E-state index contributed by atoms with van der Waals surface area (Å²) in [6.07, 6.45) is 3.46. The molecular weight excluding hydrogens is 421 g/mol. The number of rotatable bonds is 7. The van der Waals surface area contributed by atoms with Crippen molar-refractivity contribution >= 4 is 19.1 Å². The number of ether oxygens (including phenoxy) is 1. The molecule has 1 aliphatic rings. The van der Waals surface area contributed by atoms with Gasteiger partial charge in [0.25, 0.3) is 5.91 Å². The van der Waals surface area contributed by atoms with Crippen LogP contribution in [0, 0.1) is 23.7 Å². The third-order valence-electron chi connectivity index (χ3n) is 5.46. The van der Waals surface area contributed by atoms with E-state index < -0.39 is 19.2 Å². The quantitative estimate of drug-likeness (QED) is 0.330. The van der Waals surface area contributed by atoms with Crippen LogP contribution in [0.4, 0.5) is 4.79 Å². The number of carbonyl (C=O) groups is 2. The van der Waals surface area contributed by atoms with Crippen LogP contribution in [0.15, 0.2) is 35.9 Å². The van der Waals surface area contributed by atoms with Crippen molar-refractivity contribution in [2.45, 2.75) is 65.4 Å². The van der Waals surface area contributed by atoms with Gasteiger partial charge in [-0.05, 0) is 43.6 Å². The molecule has 0 aliphatic carbocycles. The summed E-state index contributed by atoms with van der Waals surface area (Å²) < 4.78 is 5.35. The average molecular weight is 455 g/mol. The first-order chi connectivity index (χ1) is 15.5. The van der Waals surface area contributed by atoms with Crippen LogP contribution >= 0.6 is 0 Å². The molecule has 2 amide bonds. The highest BCUT2D eigenvalue weighted by Gasteiger charge is 2.31. The molecule has 3 N–H and O–H groups in total. The summed E-state index contributed by atoms with van der Waals surface area (Å²) in [7, 11) is -1.76. The highest BCUT2D eigenvalue weighted by molar-refractivity contribution is 6.43. The highest BCUT2D eigenvalue weighted by Crippen LogP contribution is 2.23. The topological polar surface area (TPSA) is 123 Å². The van der Waals surface area contributed by atoms with Crippen molar-refractivity contribution in [3.63, 3.8) is 0 Å². The molecule has 0 saturated carbocycles. The first kappa shape index (κ1) is 26.4. The predicted molar refractivity (Wildman–Crippen MR) is 126 cm³/mol. The number of nitrogens with one attached hydrogen (secondary N) is 1. The molecule has 9 heteroatoms. The Morgan fingerprint density at radius 1 is 1.30 bits per heavy atom. The fraction of sp³-hybridized carbons (Fsp3) is 0.542. The molecule has 0 radical (unpaired) electrons. The van der Waals surface area contributed by atoms with Gasteiger partial charge in [0.15, 0.2) is 0 Å². The van der Waals surface area contributed by atoms with E-state index in [9.17, 15) is 24.9 Å². The Hall–Kier alpha value is -2.83. The van der Waals surface area contributed by atoms with Gasteiger partial charge in [-0.1, -0.05) is 56.7 Å². The summed E-state index contributed by atoms with van der Waals surface area (Å²) in [6.45, 7) is 8.16. The molecule has 0 spiro atoms. The predicted octanol–water partition coefficient (Wildman–Crippen LogP) is 2.52. The fourth-order valence-corrected chi connectivity index (χ4v) is 3.74. The number of hydrogen-bond donors (Lipinski definition) is 3. The number of benzene rings is 1. The van der Waals surface area contributed by atoms with E-state index in [-0.39, 0.29) is 36.0 Å². The second-order valence-corrected chi connectivity index (χ2v) is 9.64. The molecule has 2 rings (SSSR count). The lowest BCUT2D eigenvalue weighted by Crippen LogP contribution is -2.50. The average Bonchev–Trinajstić information content (AvgIpc) is 2.76. The van der Waals surface area contributed by atoms with Crippen molar-refractivity contribution in [3.05, 3.63) is 47.0 Å². The van der Waals surface area contributed by atoms with E-state index >= 15 is 0 Å². The molecule has 2 unspecified atom stereocenters. The number of allylic oxidation sites excluding steroid dienone is 1. The standard InChI is InChI=1S/C24H34BN3O5/c1-17-8-10-18(11-9-17)13-21(25(31)32)27-23(30)33-16-20-7-5-6-12-28(20)22(29)19(15-26)14-24(2,3)4/h8-11,14,20-21,31-32H,5-7,12-13,16H2,1-4H3,(H,27,30). The van der Waals surface area contributed by atoms with Gasteiger partial charge in [0.05, 0.1) is 12.0 Å². The summed E-state index contributed by atoms with van der Waals surface area (Å²) >= 11 is 0. The van der Waals surface area contributed by atoms with Crippen LogP contribution in [0.1, 0.15) is 51.2 Å². The largest absolute Gasteiger partial charge is 0.475 e. The van der Waals surface area contributed by atoms with E-state index in [0.717, 1.165) is 24.0 Å². The Labute approximate surface area is 196 Å². The van der Waals surface area contributed by atoms with Crippen molar-refractivity contribution in [1.29, 1.82) is 5.26 Å². The van der Waals surface area contributed by atoms with Crippen LogP contribution in [0.2, 0.25) is 0 Å². The Morgan fingerprint density at radius 2 is 1.97 bits per heavy atom. The number of nitrogens with zero attached hydrogens (tertiary/aromatic N) is 2. The number of piperidine rings is 1. The smallest absolute Gasteiger partial charge is 0.447 e. The van der Waals surface area contributed by atoms with Crippen LogP contribution in [-0.4, -0.2) is 59.2 Å². The molecule has 33 heavy (non-hydrogen) atoms. The number of hydrogen-bond acceptors (Lipinski definition) is 6. The number of nitriles is 1. The van der Waals surface area contributed by atoms with E-state index in [4.69, 9.17) is 4.74 Å². The van der Waals surface area contributed by atoms with Crippen molar-refractivity contribution in [2.24, 2.45) is 5.41 Å². The van der Waals surface area contributed by atoms with Gasteiger partial charge in [-0.2, -0.15) is 5.26 Å². The summed E-state index contributed by atoms with van der Waals surface area (Å²) in [5.41, 5.74) is 1.69. The molecule has 1 fully saturated rings. The zero-order valence-corrected chi connectivity index (χ0v) is 19.9. The minimum Gasteiger partial charge on any atom is -0.447 e. The van der Waals surface area contributed by atoms with Crippen LogP contribution < -0.4 is 5.32 Å². The zero-order valence-electron chi connectivity index (χ0n) is 19.9. The molecule has 1 saturated heterocycles. The normalized spacial score (nSPS) is 17.7. The highest BCUT2D eigenvalue weighted by atomic mass is 16.5. The maximum absolute atomic E-state index is 13.0. The molecule has 1 aromatic rings. The van der Waals surface area contributed by atoms with Crippen molar-refractivity contribution in [1.82, 2.24) is 10.2 Å². The van der Waals surface area contributed by atoms with Gasteiger partial charge in [0.2, 0.25) is 0 Å². The zero-order chi connectivity index (χ0) is 24.6. The number of likely N-dealkylation sites (tertiary alicyclic amines) is 1. The second kappa shape index (κ2) is 11.9. The van der Waals surface area contributed by atoms with Gasteiger partial charge in [0.1, 0.15) is 18.2 Å². The minimum atomic E-state index is -1.76. The Morgan fingerprint density at radius 3 is 2.55 bits per heavy atom. The minimum absolute atomic E-state index is 0.0371. The van der Waals surface area contributed by atoms with E-state index in [1.165, 1.54) is 0 Å². The van der Waals surface area contributed by atoms with E-state index in [2.05, 4.69) is 5.32 Å². The van der Waals surface area contributed by atoms with Gasteiger partial charge in [-0.25, -0.2) is 4.79 Å². The van der Waals surface area contributed by atoms with E-state index in [1.807, 2.05) is 58.0 Å². The van der Waals surface area contributed by atoms with Gasteiger partial charge in [-0.15, -0.1) is 0 Å². The van der Waals surface area contributed by atoms with E-state index in [1.54, 1.807) is 11.0 Å². The van der Waals surface area contributed by atoms with Gasteiger partial charge < -0.3 is 25.0 Å². The van der Waals surface area contributed by atoms with Crippen LogP contribution in [0.25, 0.3) is 0 Å². The third-order valence-corrected chi connectivity index (χ3v) is 5.46. The summed E-state index contributed by atoms with van der Waals surface area (Å²) in [5.74, 6) is -1.30. The molecule has 1 aliphatic heterocycles.